The fourth-order valence-electron chi connectivity index (χ4n) is 5.42. The van der Waals surface area contributed by atoms with Gasteiger partial charge in [0.15, 0.2) is 35.1 Å². The van der Waals surface area contributed by atoms with Crippen LogP contribution >= 0.6 is 0 Å². The molecule has 6 heterocycles. The molecular weight excluding hydrogens is 520 g/mol. The third-order valence-electron chi connectivity index (χ3n) is 7.36. The number of anilines is 1. The molecule has 1 N–H and O–H groups in total. The smallest absolute Gasteiger partial charge is 0.409 e. The van der Waals surface area contributed by atoms with Gasteiger partial charge in [0.1, 0.15) is 18.5 Å². The van der Waals surface area contributed by atoms with Gasteiger partial charge in [-0.25, -0.2) is 19.7 Å². The average molecular weight is 557 g/mol. The number of rotatable bonds is 5. The van der Waals surface area contributed by atoms with Gasteiger partial charge in [0.05, 0.1) is 12.9 Å². The number of carbonyl (C=O) groups excluding carboxylic acids is 1. The van der Waals surface area contributed by atoms with Crippen LogP contribution in [0.4, 0.5) is 10.6 Å². The van der Waals surface area contributed by atoms with E-state index in [2.05, 4.69) is 30.4 Å². The largest absolute Gasteiger partial charge is 0.450 e. The van der Waals surface area contributed by atoms with Gasteiger partial charge in [-0.1, -0.05) is 25.9 Å². The third kappa shape index (κ3) is 4.88. The monoisotopic (exact) mass is 556 g/mol. The molecule has 216 valence electrons. The number of hydrogen-bond donors (Lipinski definition) is 1. The number of ether oxygens (including phenoxy) is 4. The standard InChI is InChI=1S/C26H36N8O6/c1-7-36-24(35)33-10-8-14(9-11-33)30-19-15-21(28-12-27-19)34(13-29-15)22-18-16(38-26(5,6)39-18)17(37-22)20-31-23(40-32-20)25(2,3)4/h12-14,16-18,22H,7-11H2,1-6H3,(H,27,28,30)/t16-,17?,18-,22?/m1/s1. The topological polar surface area (TPSA) is 152 Å². The second kappa shape index (κ2) is 9.93. The molecule has 3 aromatic rings. The lowest BCUT2D eigenvalue weighted by molar-refractivity contribution is -0.198. The minimum atomic E-state index is -0.817. The molecule has 3 fully saturated rings. The Morgan fingerprint density at radius 2 is 1.90 bits per heavy atom. The molecule has 14 heteroatoms. The van der Waals surface area contributed by atoms with E-state index in [0.717, 1.165) is 12.8 Å². The Kier molecular flexibility index (Phi) is 6.66. The summed E-state index contributed by atoms with van der Waals surface area (Å²) in [5.41, 5.74) is 0.917. The molecule has 3 aliphatic heterocycles. The molecule has 6 rings (SSSR count). The van der Waals surface area contributed by atoms with Crippen molar-refractivity contribution in [3.63, 3.8) is 0 Å². The molecule has 2 unspecified atom stereocenters. The van der Waals surface area contributed by atoms with Crippen molar-refractivity contribution in [2.24, 2.45) is 0 Å². The summed E-state index contributed by atoms with van der Waals surface area (Å²) in [4.78, 5) is 32.1. The van der Waals surface area contributed by atoms with E-state index in [-0.39, 0.29) is 17.6 Å². The highest BCUT2D eigenvalue weighted by atomic mass is 16.8. The van der Waals surface area contributed by atoms with Gasteiger partial charge in [-0.15, -0.1) is 0 Å². The predicted octanol–water partition coefficient (Wildman–Crippen LogP) is 3.33. The lowest BCUT2D eigenvalue weighted by Gasteiger charge is -2.31. The molecule has 0 saturated carbocycles. The Bertz CT molecular complexity index is 1370. The Labute approximate surface area is 231 Å². The first-order valence-corrected chi connectivity index (χ1v) is 13.7. The van der Waals surface area contributed by atoms with E-state index in [1.54, 1.807) is 11.2 Å². The van der Waals surface area contributed by atoms with Crippen molar-refractivity contribution < 1.29 is 28.3 Å². The highest BCUT2D eigenvalue weighted by Crippen LogP contribution is 2.49. The van der Waals surface area contributed by atoms with E-state index >= 15 is 0 Å². The second-order valence-corrected chi connectivity index (χ2v) is 11.9. The van der Waals surface area contributed by atoms with E-state index in [0.29, 0.717) is 48.4 Å². The lowest BCUT2D eigenvalue weighted by atomic mass is 9.97. The van der Waals surface area contributed by atoms with Crippen LogP contribution in [0.15, 0.2) is 17.2 Å². The Morgan fingerprint density at radius 1 is 1.15 bits per heavy atom. The van der Waals surface area contributed by atoms with Gasteiger partial charge in [-0.2, -0.15) is 4.98 Å². The molecule has 40 heavy (non-hydrogen) atoms. The Hall–Kier alpha value is -3.36. The first-order valence-electron chi connectivity index (χ1n) is 13.7. The van der Waals surface area contributed by atoms with Gasteiger partial charge in [0.25, 0.3) is 0 Å². The van der Waals surface area contributed by atoms with Crippen molar-refractivity contribution in [1.82, 2.24) is 34.6 Å². The van der Waals surface area contributed by atoms with E-state index < -0.39 is 30.3 Å². The summed E-state index contributed by atoms with van der Waals surface area (Å²) in [5, 5.41) is 7.71. The van der Waals surface area contributed by atoms with Crippen molar-refractivity contribution in [1.29, 1.82) is 0 Å². The zero-order valence-electron chi connectivity index (χ0n) is 23.7. The Morgan fingerprint density at radius 3 is 2.60 bits per heavy atom. The second-order valence-electron chi connectivity index (χ2n) is 11.9. The normalized spacial score (nSPS) is 26.8. The number of aromatic nitrogens is 6. The van der Waals surface area contributed by atoms with Crippen molar-refractivity contribution in [2.45, 2.75) is 96.2 Å². The highest BCUT2D eigenvalue weighted by molar-refractivity contribution is 5.82. The summed E-state index contributed by atoms with van der Waals surface area (Å²) in [6, 6.07) is 0.132. The maximum atomic E-state index is 12.1. The van der Waals surface area contributed by atoms with E-state index in [1.807, 2.05) is 46.1 Å². The Balaban J connectivity index is 1.24. The minimum Gasteiger partial charge on any atom is -0.450 e. The van der Waals surface area contributed by atoms with Gasteiger partial charge in [0.2, 0.25) is 11.7 Å². The number of hydrogen-bond acceptors (Lipinski definition) is 12. The highest BCUT2D eigenvalue weighted by Gasteiger charge is 2.58. The number of piperidine rings is 1. The van der Waals surface area contributed by atoms with Crippen molar-refractivity contribution in [3.05, 3.63) is 24.4 Å². The number of nitrogens with zero attached hydrogens (tertiary/aromatic N) is 7. The molecule has 0 aliphatic carbocycles. The quantitative estimate of drug-likeness (QED) is 0.491. The molecule has 3 saturated heterocycles. The first kappa shape index (κ1) is 26.8. The SMILES string of the molecule is CCOC(=O)N1CCC(Nc2ncnc3c2ncn3C2OC(c3noc(C(C)(C)C)n3)[C@H]3OC(C)(C)O[C@@H]23)CC1. The number of fused-ring (bicyclic) bond motifs is 2. The van der Waals surface area contributed by atoms with Gasteiger partial charge in [-0.3, -0.25) is 4.57 Å². The molecule has 0 bridgehead atoms. The zero-order valence-corrected chi connectivity index (χ0v) is 23.7. The van der Waals surface area contributed by atoms with Crippen LogP contribution in [0.25, 0.3) is 11.2 Å². The fourth-order valence-corrected chi connectivity index (χ4v) is 5.42. The molecular formula is C26H36N8O6. The predicted molar refractivity (Wildman–Crippen MR) is 140 cm³/mol. The fraction of sp³-hybridized carbons (Fsp3) is 0.692. The van der Waals surface area contributed by atoms with Crippen molar-refractivity contribution >= 4 is 23.1 Å². The summed E-state index contributed by atoms with van der Waals surface area (Å²) in [5.74, 6) is 0.748. The molecule has 0 aromatic carbocycles. The summed E-state index contributed by atoms with van der Waals surface area (Å²) in [7, 11) is 0. The molecule has 1 amide bonds. The summed E-state index contributed by atoms with van der Waals surface area (Å²) < 4.78 is 31.6. The van der Waals surface area contributed by atoms with Crippen molar-refractivity contribution in [2.75, 3.05) is 25.0 Å². The van der Waals surface area contributed by atoms with Gasteiger partial charge >= 0.3 is 6.09 Å². The number of amides is 1. The number of nitrogens with one attached hydrogen (secondary N) is 1. The number of imidazole rings is 1. The van der Waals surface area contributed by atoms with Gasteiger partial charge in [-0.05, 0) is 33.6 Å². The average Bonchev–Trinajstić information content (AvgIpc) is 3.67. The molecule has 3 aromatic heterocycles. The molecule has 14 nitrogen and oxygen atoms in total. The van der Waals surface area contributed by atoms with E-state index in [4.69, 9.17) is 23.5 Å². The van der Waals surface area contributed by atoms with E-state index in [1.165, 1.54) is 6.33 Å². The van der Waals surface area contributed by atoms with Crippen molar-refractivity contribution in [3.8, 4) is 0 Å². The molecule has 4 atom stereocenters. The van der Waals surface area contributed by atoms with Gasteiger partial charge < -0.3 is 33.7 Å². The van der Waals surface area contributed by atoms with Crippen LogP contribution < -0.4 is 5.32 Å². The van der Waals surface area contributed by atoms with Gasteiger partial charge in [0, 0.05) is 24.5 Å². The maximum Gasteiger partial charge on any atom is 0.409 e. The van der Waals surface area contributed by atoms with Crippen LogP contribution in [0.1, 0.15) is 78.4 Å². The van der Waals surface area contributed by atoms with Crippen LogP contribution in [0.3, 0.4) is 0 Å². The zero-order chi connectivity index (χ0) is 28.2. The van der Waals surface area contributed by atoms with Crippen LogP contribution in [-0.4, -0.2) is 84.4 Å². The van der Waals surface area contributed by atoms with Crippen LogP contribution in [0.2, 0.25) is 0 Å². The third-order valence-corrected chi connectivity index (χ3v) is 7.36. The summed E-state index contributed by atoms with van der Waals surface area (Å²) in [6.45, 7) is 13.2. The van der Waals surface area contributed by atoms with Crippen LogP contribution in [-0.2, 0) is 24.4 Å². The first-order chi connectivity index (χ1) is 19.0. The minimum absolute atomic E-state index is 0.132. The van der Waals surface area contributed by atoms with Crippen LogP contribution in [0, 0.1) is 0 Å². The van der Waals surface area contributed by atoms with E-state index in [9.17, 15) is 4.79 Å². The molecule has 0 spiro atoms. The summed E-state index contributed by atoms with van der Waals surface area (Å²) >= 11 is 0. The lowest BCUT2D eigenvalue weighted by Crippen LogP contribution is -2.42. The number of likely N-dealkylation sites (tertiary alicyclic amines) is 1. The molecule has 0 radical (unpaired) electrons. The number of carbonyl (C=O) groups is 1. The van der Waals surface area contributed by atoms with Crippen LogP contribution in [0.5, 0.6) is 0 Å². The summed E-state index contributed by atoms with van der Waals surface area (Å²) in [6.07, 6.45) is 2.36. The molecule has 3 aliphatic rings. The maximum absolute atomic E-state index is 12.1.